The van der Waals surface area contributed by atoms with Crippen LogP contribution < -0.4 is 0 Å². The van der Waals surface area contributed by atoms with Gasteiger partial charge in [0.25, 0.3) is 0 Å². The summed E-state index contributed by atoms with van der Waals surface area (Å²) < 4.78 is 34.5. The second kappa shape index (κ2) is 9.70. The second-order valence-electron chi connectivity index (χ2n) is 10.0. The lowest BCUT2D eigenvalue weighted by Crippen LogP contribution is -2.50. The third-order valence-corrected chi connectivity index (χ3v) is 6.97. The Bertz CT molecular complexity index is 1020. The number of hydrogen-bond donors (Lipinski definition) is 0. The number of esters is 1. The van der Waals surface area contributed by atoms with Crippen molar-refractivity contribution >= 4 is 26.8 Å². The molecule has 0 saturated heterocycles. The molecule has 0 spiro atoms. The second-order valence-corrected chi connectivity index (χ2v) is 11.9. The summed E-state index contributed by atoms with van der Waals surface area (Å²) in [5.41, 5.74) is 0.421. The van der Waals surface area contributed by atoms with Crippen LogP contribution in [0.25, 0.3) is 10.8 Å². The van der Waals surface area contributed by atoms with Crippen molar-refractivity contribution in [1.29, 1.82) is 0 Å². The SMILES string of the molecule is Cc1ccc2cc(S(=O)(=O)N(CCC(C)C)[C@@H](C(=O)OC(C)(C)C)C(C)C)ccc2c1. The van der Waals surface area contributed by atoms with Crippen molar-refractivity contribution in [1.82, 2.24) is 4.31 Å². The highest BCUT2D eigenvalue weighted by Crippen LogP contribution is 2.28. The molecule has 5 nitrogen and oxygen atoms in total. The van der Waals surface area contributed by atoms with Gasteiger partial charge in [0, 0.05) is 6.54 Å². The largest absolute Gasteiger partial charge is 0.459 e. The zero-order valence-corrected chi connectivity index (χ0v) is 20.9. The van der Waals surface area contributed by atoms with Gasteiger partial charge in [-0.2, -0.15) is 4.31 Å². The lowest BCUT2D eigenvalue weighted by molar-refractivity contribution is -0.161. The average Bonchev–Trinajstić information content (AvgIpc) is 2.62. The summed E-state index contributed by atoms with van der Waals surface area (Å²) in [6, 6.07) is 10.2. The van der Waals surface area contributed by atoms with Crippen LogP contribution in [0.15, 0.2) is 41.3 Å². The molecule has 0 fully saturated rings. The Balaban J connectivity index is 2.55. The van der Waals surface area contributed by atoms with Crippen molar-refractivity contribution in [3.8, 4) is 0 Å². The Morgan fingerprint density at radius 2 is 1.58 bits per heavy atom. The van der Waals surface area contributed by atoms with E-state index in [1.807, 2.05) is 58.9 Å². The highest BCUT2D eigenvalue weighted by Gasteiger charge is 2.40. The molecule has 0 aliphatic heterocycles. The minimum absolute atomic E-state index is 0.196. The molecule has 0 N–H and O–H groups in total. The molecule has 2 rings (SSSR count). The highest BCUT2D eigenvalue weighted by atomic mass is 32.2. The van der Waals surface area contributed by atoms with Crippen molar-refractivity contribution in [3.63, 3.8) is 0 Å². The van der Waals surface area contributed by atoms with Gasteiger partial charge < -0.3 is 4.74 Å². The first-order valence-electron chi connectivity index (χ1n) is 11.0. The van der Waals surface area contributed by atoms with Gasteiger partial charge in [-0.3, -0.25) is 4.79 Å². The van der Waals surface area contributed by atoms with Gasteiger partial charge in [-0.15, -0.1) is 0 Å². The van der Waals surface area contributed by atoms with Crippen molar-refractivity contribution in [2.24, 2.45) is 11.8 Å². The molecule has 31 heavy (non-hydrogen) atoms. The summed E-state index contributed by atoms with van der Waals surface area (Å²) in [4.78, 5) is 13.3. The van der Waals surface area contributed by atoms with Crippen molar-refractivity contribution in [2.75, 3.05) is 6.54 Å². The monoisotopic (exact) mass is 447 g/mol. The van der Waals surface area contributed by atoms with Crippen LogP contribution in [0.3, 0.4) is 0 Å². The molecule has 0 aliphatic rings. The maximum absolute atomic E-state index is 13.8. The van der Waals surface area contributed by atoms with Gasteiger partial charge in [-0.25, -0.2) is 8.42 Å². The Labute approximate surface area is 187 Å². The van der Waals surface area contributed by atoms with Gasteiger partial charge in [0.1, 0.15) is 11.6 Å². The first-order valence-corrected chi connectivity index (χ1v) is 12.4. The van der Waals surface area contributed by atoms with E-state index in [1.54, 1.807) is 32.9 Å². The fourth-order valence-corrected chi connectivity index (χ4v) is 5.28. The zero-order chi connectivity index (χ0) is 23.6. The molecule has 0 aromatic heterocycles. The highest BCUT2D eigenvalue weighted by molar-refractivity contribution is 7.89. The van der Waals surface area contributed by atoms with E-state index < -0.39 is 27.6 Å². The zero-order valence-electron chi connectivity index (χ0n) is 20.1. The number of carbonyl (C=O) groups excluding carboxylic acids is 1. The van der Waals surface area contributed by atoms with Gasteiger partial charge in [-0.05, 0) is 68.9 Å². The van der Waals surface area contributed by atoms with E-state index in [0.29, 0.717) is 12.3 Å². The summed E-state index contributed by atoms with van der Waals surface area (Å²) >= 11 is 0. The summed E-state index contributed by atoms with van der Waals surface area (Å²) in [6.07, 6.45) is 0.651. The van der Waals surface area contributed by atoms with Crippen molar-refractivity contribution in [2.45, 2.75) is 78.3 Å². The molecule has 0 aliphatic carbocycles. The quantitative estimate of drug-likeness (QED) is 0.498. The smallest absolute Gasteiger partial charge is 0.325 e. The number of hydrogen-bond acceptors (Lipinski definition) is 4. The third-order valence-electron chi connectivity index (χ3n) is 5.09. The molecular formula is C25H37NO4S. The minimum Gasteiger partial charge on any atom is -0.459 e. The molecule has 0 amide bonds. The van der Waals surface area contributed by atoms with Crippen molar-refractivity contribution < 1.29 is 17.9 Å². The molecule has 2 aromatic carbocycles. The van der Waals surface area contributed by atoms with Gasteiger partial charge in [-0.1, -0.05) is 57.5 Å². The van der Waals surface area contributed by atoms with Gasteiger partial charge >= 0.3 is 5.97 Å². The van der Waals surface area contributed by atoms with Crippen LogP contribution in [0, 0.1) is 18.8 Å². The number of rotatable bonds is 8. The summed E-state index contributed by atoms with van der Waals surface area (Å²) in [6.45, 7) is 15.4. The fourth-order valence-electron chi connectivity index (χ4n) is 3.52. The van der Waals surface area contributed by atoms with Crippen LogP contribution in [0.5, 0.6) is 0 Å². The third kappa shape index (κ3) is 6.53. The molecule has 2 aromatic rings. The van der Waals surface area contributed by atoms with Crippen LogP contribution >= 0.6 is 0 Å². The molecule has 172 valence electrons. The molecule has 0 radical (unpaired) electrons. The molecular weight excluding hydrogens is 410 g/mol. The summed E-state index contributed by atoms with van der Waals surface area (Å²) in [5.74, 6) is -0.449. The first-order chi connectivity index (χ1) is 14.2. The van der Waals surface area contributed by atoms with Crippen LogP contribution in [0.4, 0.5) is 0 Å². The van der Waals surface area contributed by atoms with Gasteiger partial charge in [0.05, 0.1) is 4.90 Å². The maximum atomic E-state index is 13.8. The predicted molar refractivity (Wildman–Crippen MR) is 127 cm³/mol. The van der Waals surface area contributed by atoms with E-state index in [2.05, 4.69) is 0 Å². The number of ether oxygens (including phenoxy) is 1. The lowest BCUT2D eigenvalue weighted by Gasteiger charge is -2.34. The number of benzene rings is 2. The number of sulfonamides is 1. The normalized spacial score (nSPS) is 13.9. The van der Waals surface area contributed by atoms with E-state index in [4.69, 9.17) is 4.74 Å². The fraction of sp³-hybridized carbons (Fsp3) is 0.560. The van der Waals surface area contributed by atoms with E-state index >= 15 is 0 Å². The Kier molecular flexibility index (Phi) is 7.93. The lowest BCUT2D eigenvalue weighted by atomic mass is 10.0. The van der Waals surface area contributed by atoms with Gasteiger partial charge in [0.15, 0.2) is 0 Å². The Morgan fingerprint density at radius 1 is 1.00 bits per heavy atom. The molecule has 6 heteroatoms. The maximum Gasteiger partial charge on any atom is 0.325 e. The Hall–Kier alpha value is -1.92. The first kappa shape index (κ1) is 25.3. The minimum atomic E-state index is -3.91. The van der Waals surface area contributed by atoms with E-state index in [-0.39, 0.29) is 17.4 Å². The predicted octanol–water partition coefficient (Wildman–Crippen LogP) is 5.55. The number of fused-ring (bicyclic) bond motifs is 1. The number of aryl methyl sites for hydroxylation is 1. The topological polar surface area (TPSA) is 63.7 Å². The number of nitrogens with zero attached hydrogens (tertiary/aromatic N) is 1. The summed E-state index contributed by atoms with van der Waals surface area (Å²) in [7, 11) is -3.91. The van der Waals surface area contributed by atoms with E-state index in [9.17, 15) is 13.2 Å². The average molecular weight is 448 g/mol. The molecule has 0 bridgehead atoms. The molecule has 0 unspecified atom stereocenters. The van der Waals surface area contributed by atoms with Crippen LogP contribution in [-0.2, 0) is 19.6 Å². The van der Waals surface area contributed by atoms with E-state index in [0.717, 1.165) is 16.3 Å². The van der Waals surface area contributed by atoms with Crippen LogP contribution in [0.2, 0.25) is 0 Å². The Morgan fingerprint density at radius 3 is 2.13 bits per heavy atom. The summed E-state index contributed by atoms with van der Waals surface area (Å²) in [5, 5.41) is 1.84. The van der Waals surface area contributed by atoms with E-state index in [1.165, 1.54) is 4.31 Å². The number of carbonyl (C=O) groups is 1. The standard InChI is InChI=1S/C25H37NO4S/c1-17(2)13-14-26(23(18(3)4)24(27)30-25(6,7)8)31(28,29)22-12-11-20-15-19(5)9-10-21(20)16-22/h9-12,15-18,23H,13-14H2,1-8H3/t23-/m1/s1. The van der Waals surface area contributed by atoms with Crippen LogP contribution in [-0.4, -0.2) is 36.9 Å². The van der Waals surface area contributed by atoms with Crippen molar-refractivity contribution in [3.05, 3.63) is 42.0 Å². The molecule has 0 saturated carbocycles. The van der Waals surface area contributed by atoms with Crippen LogP contribution in [0.1, 0.15) is 60.5 Å². The van der Waals surface area contributed by atoms with Gasteiger partial charge in [0.2, 0.25) is 10.0 Å². The molecule has 1 atom stereocenters. The molecule has 0 heterocycles.